The molecule has 1 amide bonds. The summed E-state index contributed by atoms with van der Waals surface area (Å²) in [6, 6.07) is 2.00. The molecular formula is C19H29N5O. The van der Waals surface area contributed by atoms with Gasteiger partial charge in [0.05, 0.1) is 0 Å². The van der Waals surface area contributed by atoms with Gasteiger partial charge in [-0.05, 0) is 37.7 Å². The zero-order valence-corrected chi connectivity index (χ0v) is 15.1. The molecule has 3 fully saturated rings. The lowest BCUT2D eigenvalue weighted by molar-refractivity contribution is -0.132. The fraction of sp³-hybridized carbons (Fsp3) is 0.737. The third-order valence-corrected chi connectivity index (χ3v) is 5.91. The first-order chi connectivity index (χ1) is 12.3. The molecule has 1 saturated carbocycles. The van der Waals surface area contributed by atoms with E-state index in [1.165, 1.54) is 38.5 Å². The highest BCUT2D eigenvalue weighted by atomic mass is 16.2. The van der Waals surface area contributed by atoms with Crippen LogP contribution in [0, 0.1) is 5.92 Å². The Hall–Kier alpha value is -1.85. The topological polar surface area (TPSA) is 52.6 Å². The van der Waals surface area contributed by atoms with Crippen LogP contribution in [0.4, 0.5) is 11.8 Å². The number of carbonyl (C=O) groups is 1. The van der Waals surface area contributed by atoms with E-state index in [9.17, 15) is 4.79 Å². The predicted octanol–water partition coefficient (Wildman–Crippen LogP) is 2.31. The quantitative estimate of drug-likeness (QED) is 0.840. The van der Waals surface area contributed by atoms with Crippen LogP contribution in [0.1, 0.15) is 44.9 Å². The van der Waals surface area contributed by atoms with Gasteiger partial charge in [-0.1, -0.05) is 12.8 Å². The fourth-order valence-corrected chi connectivity index (χ4v) is 4.36. The Morgan fingerprint density at radius 1 is 0.960 bits per heavy atom. The number of aromatic nitrogens is 2. The molecule has 0 aromatic carbocycles. The smallest absolute Gasteiger partial charge is 0.227 e. The average Bonchev–Trinajstić information content (AvgIpc) is 3.36. The van der Waals surface area contributed by atoms with Crippen LogP contribution >= 0.6 is 0 Å². The minimum Gasteiger partial charge on any atom is -0.353 e. The normalized spacial score (nSPS) is 22.0. The Bertz CT molecular complexity index is 587. The molecule has 2 saturated heterocycles. The number of hydrogen-bond acceptors (Lipinski definition) is 5. The highest BCUT2D eigenvalue weighted by Crippen LogP contribution is 2.28. The molecule has 0 atom stereocenters. The molecule has 6 heteroatoms. The van der Waals surface area contributed by atoms with Gasteiger partial charge in [-0.25, -0.2) is 4.98 Å². The van der Waals surface area contributed by atoms with Gasteiger partial charge in [0.25, 0.3) is 0 Å². The van der Waals surface area contributed by atoms with Crippen LogP contribution < -0.4 is 9.80 Å². The summed E-state index contributed by atoms with van der Waals surface area (Å²) in [5.74, 6) is 2.84. The minimum absolute atomic E-state index is 0.354. The number of carbonyl (C=O) groups excluding carboxylic acids is 1. The van der Waals surface area contributed by atoms with Crippen LogP contribution in [0.25, 0.3) is 0 Å². The third-order valence-electron chi connectivity index (χ3n) is 5.91. The van der Waals surface area contributed by atoms with E-state index in [0.29, 0.717) is 11.8 Å². The van der Waals surface area contributed by atoms with E-state index in [1.807, 2.05) is 12.3 Å². The summed E-state index contributed by atoms with van der Waals surface area (Å²) >= 11 is 0. The second-order valence-corrected chi connectivity index (χ2v) is 7.63. The highest BCUT2D eigenvalue weighted by molar-refractivity contribution is 5.76. The van der Waals surface area contributed by atoms with Crippen LogP contribution in [-0.2, 0) is 4.79 Å². The monoisotopic (exact) mass is 343 g/mol. The molecule has 1 aromatic rings. The van der Waals surface area contributed by atoms with E-state index >= 15 is 0 Å². The lowest BCUT2D eigenvalue weighted by atomic mass is 10.0. The summed E-state index contributed by atoms with van der Waals surface area (Å²) < 4.78 is 0. The summed E-state index contributed by atoms with van der Waals surface area (Å²) in [4.78, 5) is 28.3. The van der Waals surface area contributed by atoms with E-state index in [0.717, 1.165) is 57.5 Å². The zero-order chi connectivity index (χ0) is 17.1. The maximum Gasteiger partial charge on any atom is 0.227 e. The average molecular weight is 343 g/mol. The Morgan fingerprint density at radius 3 is 2.40 bits per heavy atom. The number of piperazine rings is 1. The summed E-state index contributed by atoms with van der Waals surface area (Å²) in [6.45, 7) is 5.49. The maximum atomic E-state index is 12.5. The van der Waals surface area contributed by atoms with Crippen LogP contribution in [0.5, 0.6) is 0 Å². The zero-order valence-electron chi connectivity index (χ0n) is 15.1. The molecule has 1 aromatic heterocycles. The lowest BCUT2D eigenvalue weighted by Gasteiger charge is -2.36. The molecule has 136 valence electrons. The van der Waals surface area contributed by atoms with E-state index in [2.05, 4.69) is 19.7 Å². The molecule has 6 nitrogen and oxygen atoms in total. The van der Waals surface area contributed by atoms with E-state index < -0.39 is 0 Å². The Kier molecular flexibility index (Phi) is 5.04. The number of anilines is 2. The molecule has 0 N–H and O–H groups in total. The number of amides is 1. The van der Waals surface area contributed by atoms with Crippen molar-refractivity contribution in [1.82, 2.24) is 14.9 Å². The summed E-state index contributed by atoms with van der Waals surface area (Å²) in [6.07, 6.45) is 10.2. The van der Waals surface area contributed by atoms with E-state index in [1.54, 1.807) is 0 Å². The molecule has 3 heterocycles. The molecule has 0 bridgehead atoms. The van der Waals surface area contributed by atoms with Gasteiger partial charge >= 0.3 is 0 Å². The highest BCUT2D eigenvalue weighted by Gasteiger charge is 2.26. The molecular weight excluding hydrogens is 314 g/mol. The lowest BCUT2D eigenvalue weighted by Crippen LogP contribution is -2.49. The summed E-state index contributed by atoms with van der Waals surface area (Å²) in [5, 5.41) is 0. The SMILES string of the molecule is O=C(CC1CCCC1)N1CCN(c2ccnc(N3CCCC3)n2)CC1. The fourth-order valence-electron chi connectivity index (χ4n) is 4.36. The van der Waals surface area contributed by atoms with Gasteiger partial charge in [0, 0.05) is 51.9 Å². The molecule has 25 heavy (non-hydrogen) atoms. The van der Waals surface area contributed by atoms with Gasteiger partial charge in [0.15, 0.2) is 0 Å². The molecule has 0 spiro atoms. The number of nitrogens with zero attached hydrogens (tertiary/aromatic N) is 5. The number of rotatable bonds is 4. The first-order valence-electron chi connectivity index (χ1n) is 9.90. The molecule has 0 unspecified atom stereocenters. The van der Waals surface area contributed by atoms with Crippen LogP contribution in [0.3, 0.4) is 0 Å². The van der Waals surface area contributed by atoms with Gasteiger partial charge in [-0.15, -0.1) is 0 Å². The standard InChI is InChI=1S/C19H29N5O/c25-18(15-16-5-1-2-6-16)23-13-11-22(12-14-23)17-7-8-20-19(21-17)24-9-3-4-10-24/h7-8,16H,1-6,9-15H2. The second-order valence-electron chi connectivity index (χ2n) is 7.63. The summed E-state index contributed by atoms with van der Waals surface area (Å²) in [5.41, 5.74) is 0. The minimum atomic E-state index is 0.354. The predicted molar refractivity (Wildman–Crippen MR) is 98.8 cm³/mol. The Morgan fingerprint density at radius 2 is 1.68 bits per heavy atom. The molecule has 0 radical (unpaired) electrons. The van der Waals surface area contributed by atoms with Crippen LogP contribution in [-0.4, -0.2) is 60.0 Å². The summed E-state index contributed by atoms with van der Waals surface area (Å²) in [7, 11) is 0. The van der Waals surface area contributed by atoms with Gasteiger partial charge in [-0.3, -0.25) is 4.79 Å². The van der Waals surface area contributed by atoms with Crippen molar-refractivity contribution in [2.75, 3.05) is 49.1 Å². The van der Waals surface area contributed by atoms with Gasteiger partial charge in [-0.2, -0.15) is 4.98 Å². The molecule has 1 aliphatic carbocycles. The molecule has 4 rings (SSSR count). The van der Waals surface area contributed by atoms with Crippen molar-refractivity contribution < 1.29 is 4.79 Å². The Labute approximate surface area is 150 Å². The second kappa shape index (κ2) is 7.58. The van der Waals surface area contributed by atoms with E-state index in [-0.39, 0.29) is 0 Å². The first-order valence-corrected chi connectivity index (χ1v) is 9.90. The van der Waals surface area contributed by atoms with Crippen LogP contribution in [0.2, 0.25) is 0 Å². The van der Waals surface area contributed by atoms with Crippen molar-refractivity contribution in [3.05, 3.63) is 12.3 Å². The molecule has 2 aliphatic heterocycles. The van der Waals surface area contributed by atoms with Gasteiger partial charge in [0.1, 0.15) is 5.82 Å². The molecule has 3 aliphatic rings. The van der Waals surface area contributed by atoms with E-state index in [4.69, 9.17) is 4.98 Å². The van der Waals surface area contributed by atoms with Crippen molar-refractivity contribution in [2.24, 2.45) is 5.92 Å². The Balaban J connectivity index is 1.32. The van der Waals surface area contributed by atoms with Crippen molar-refractivity contribution in [3.63, 3.8) is 0 Å². The maximum absolute atomic E-state index is 12.5. The largest absolute Gasteiger partial charge is 0.353 e. The van der Waals surface area contributed by atoms with Crippen molar-refractivity contribution in [2.45, 2.75) is 44.9 Å². The van der Waals surface area contributed by atoms with Gasteiger partial charge < -0.3 is 14.7 Å². The number of hydrogen-bond donors (Lipinski definition) is 0. The van der Waals surface area contributed by atoms with Gasteiger partial charge in [0.2, 0.25) is 11.9 Å². The van der Waals surface area contributed by atoms with Crippen molar-refractivity contribution >= 4 is 17.7 Å². The van der Waals surface area contributed by atoms with Crippen LogP contribution in [0.15, 0.2) is 12.3 Å². The first kappa shape index (κ1) is 16.6. The third kappa shape index (κ3) is 3.88. The van der Waals surface area contributed by atoms with Crippen molar-refractivity contribution in [3.8, 4) is 0 Å². The van der Waals surface area contributed by atoms with Crippen molar-refractivity contribution in [1.29, 1.82) is 0 Å².